The molecule has 0 aliphatic rings. The number of rotatable bonds is 5. The van der Waals surface area contributed by atoms with Gasteiger partial charge in [0, 0.05) is 18.6 Å². The molecule has 0 fully saturated rings. The lowest BCUT2D eigenvalue weighted by molar-refractivity contribution is 0.589. The van der Waals surface area contributed by atoms with Crippen molar-refractivity contribution in [2.45, 2.75) is 46.2 Å². The zero-order chi connectivity index (χ0) is 13.0. The summed E-state index contributed by atoms with van der Waals surface area (Å²) in [6.45, 7) is 8.99. The molecule has 1 atom stereocenters. The van der Waals surface area contributed by atoms with Gasteiger partial charge in [0.1, 0.15) is 5.82 Å². The van der Waals surface area contributed by atoms with Crippen LogP contribution in [0.25, 0.3) is 0 Å². The van der Waals surface area contributed by atoms with Gasteiger partial charge in [-0.15, -0.1) is 0 Å². The summed E-state index contributed by atoms with van der Waals surface area (Å²) in [7, 11) is 0. The number of nitrogens with zero attached hydrogens (tertiary/aromatic N) is 1. The lowest BCUT2D eigenvalue weighted by Gasteiger charge is -2.31. The molecule has 2 nitrogen and oxygen atoms in total. The van der Waals surface area contributed by atoms with Gasteiger partial charge in [0.25, 0.3) is 0 Å². The fourth-order valence-corrected chi connectivity index (χ4v) is 2.07. The molecule has 2 N–H and O–H groups in total. The summed E-state index contributed by atoms with van der Waals surface area (Å²) in [5, 5.41) is 0. The SMILES string of the molecule is CCCN(c1c(F)cccc1C(C)N)C(C)C. The maximum Gasteiger partial charge on any atom is 0.146 e. The van der Waals surface area contributed by atoms with E-state index in [0.29, 0.717) is 5.69 Å². The van der Waals surface area contributed by atoms with Gasteiger partial charge >= 0.3 is 0 Å². The first kappa shape index (κ1) is 14.0. The molecule has 0 spiro atoms. The van der Waals surface area contributed by atoms with E-state index in [1.165, 1.54) is 6.07 Å². The largest absolute Gasteiger partial charge is 0.366 e. The van der Waals surface area contributed by atoms with E-state index < -0.39 is 0 Å². The molecule has 0 radical (unpaired) electrons. The number of halogens is 1. The van der Waals surface area contributed by atoms with E-state index in [-0.39, 0.29) is 17.9 Å². The minimum Gasteiger partial charge on any atom is -0.366 e. The zero-order valence-corrected chi connectivity index (χ0v) is 11.2. The molecule has 17 heavy (non-hydrogen) atoms. The van der Waals surface area contributed by atoms with Crippen molar-refractivity contribution in [1.29, 1.82) is 0 Å². The van der Waals surface area contributed by atoms with Crippen molar-refractivity contribution in [1.82, 2.24) is 0 Å². The Morgan fingerprint density at radius 1 is 1.29 bits per heavy atom. The molecule has 0 saturated heterocycles. The fourth-order valence-electron chi connectivity index (χ4n) is 2.07. The molecule has 0 bridgehead atoms. The molecule has 0 aromatic heterocycles. The van der Waals surface area contributed by atoms with E-state index >= 15 is 0 Å². The highest BCUT2D eigenvalue weighted by molar-refractivity contribution is 5.56. The van der Waals surface area contributed by atoms with Gasteiger partial charge in [0.2, 0.25) is 0 Å². The van der Waals surface area contributed by atoms with Gasteiger partial charge in [-0.25, -0.2) is 4.39 Å². The van der Waals surface area contributed by atoms with Gasteiger partial charge in [0.15, 0.2) is 0 Å². The minimum absolute atomic E-state index is 0.154. The normalized spacial score (nSPS) is 12.9. The van der Waals surface area contributed by atoms with Crippen molar-refractivity contribution in [3.05, 3.63) is 29.6 Å². The Labute approximate surface area is 104 Å². The molecule has 0 saturated carbocycles. The van der Waals surface area contributed by atoms with Gasteiger partial charge in [-0.3, -0.25) is 0 Å². The number of anilines is 1. The highest BCUT2D eigenvalue weighted by Crippen LogP contribution is 2.29. The Balaban J connectivity index is 3.25. The van der Waals surface area contributed by atoms with Crippen LogP contribution in [0, 0.1) is 5.82 Å². The van der Waals surface area contributed by atoms with Crippen LogP contribution in [-0.4, -0.2) is 12.6 Å². The van der Waals surface area contributed by atoms with Crippen LogP contribution in [0.1, 0.15) is 45.7 Å². The van der Waals surface area contributed by atoms with Gasteiger partial charge < -0.3 is 10.6 Å². The topological polar surface area (TPSA) is 29.3 Å². The van der Waals surface area contributed by atoms with Crippen LogP contribution in [-0.2, 0) is 0 Å². The summed E-state index contributed by atoms with van der Waals surface area (Å²) in [6.07, 6.45) is 0.991. The Hall–Kier alpha value is -1.09. The second-order valence-electron chi connectivity index (χ2n) is 4.75. The standard InChI is InChI=1S/C14H23FN2/c1-5-9-17(10(2)3)14-12(11(4)16)7-6-8-13(14)15/h6-8,10-11H,5,9,16H2,1-4H3. The summed E-state index contributed by atoms with van der Waals surface area (Å²) in [5.74, 6) is -0.179. The highest BCUT2D eigenvalue weighted by atomic mass is 19.1. The van der Waals surface area contributed by atoms with Crippen molar-refractivity contribution >= 4 is 5.69 Å². The van der Waals surface area contributed by atoms with Crippen molar-refractivity contribution < 1.29 is 4.39 Å². The lowest BCUT2D eigenvalue weighted by atomic mass is 10.0. The Morgan fingerprint density at radius 3 is 2.41 bits per heavy atom. The van der Waals surface area contributed by atoms with Crippen LogP contribution < -0.4 is 10.6 Å². The van der Waals surface area contributed by atoms with Crippen LogP contribution >= 0.6 is 0 Å². The maximum atomic E-state index is 14.0. The molecule has 0 aliphatic heterocycles. The molecule has 1 rings (SSSR count). The smallest absolute Gasteiger partial charge is 0.146 e. The molecule has 0 amide bonds. The van der Waals surface area contributed by atoms with E-state index in [1.54, 1.807) is 6.07 Å². The molecule has 1 aromatic carbocycles. The molecular weight excluding hydrogens is 215 g/mol. The van der Waals surface area contributed by atoms with E-state index in [4.69, 9.17) is 5.73 Å². The molecule has 96 valence electrons. The number of benzene rings is 1. The van der Waals surface area contributed by atoms with E-state index in [2.05, 4.69) is 25.7 Å². The molecule has 0 heterocycles. The Bertz CT molecular complexity index is 361. The monoisotopic (exact) mass is 238 g/mol. The summed E-state index contributed by atoms with van der Waals surface area (Å²) in [4.78, 5) is 2.09. The van der Waals surface area contributed by atoms with Gasteiger partial charge in [-0.1, -0.05) is 19.1 Å². The molecule has 1 aromatic rings. The number of para-hydroxylation sites is 1. The first-order valence-electron chi connectivity index (χ1n) is 6.29. The summed E-state index contributed by atoms with van der Waals surface area (Å²) < 4.78 is 14.0. The van der Waals surface area contributed by atoms with Crippen LogP contribution in [0.2, 0.25) is 0 Å². The molecule has 0 aliphatic carbocycles. The van der Waals surface area contributed by atoms with Crippen LogP contribution in [0.4, 0.5) is 10.1 Å². The van der Waals surface area contributed by atoms with Gasteiger partial charge in [0.05, 0.1) is 5.69 Å². The van der Waals surface area contributed by atoms with Crippen molar-refractivity contribution in [3.63, 3.8) is 0 Å². The third-order valence-electron chi connectivity index (χ3n) is 2.88. The first-order chi connectivity index (χ1) is 7.99. The minimum atomic E-state index is -0.179. The first-order valence-corrected chi connectivity index (χ1v) is 6.29. The van der Waals surface area contributed by atoms with E-state index in [0.717, 1.165) is 18.5 Å². The van der Waals surface area contributed by atoms with Gasteiger partial charge in [-0.05, 0) is 38.8 Å². The fraction of sp³-hybridized carbons (Fsp3) is 0.571. The van der Waals surface area contributed by atoms with Crippen LogP contribution in [0.5, 0.6) is 0 Å². The van der Waals surface area contributed by atoms with Crippen LogP contribution in [0.3, 0.4) is 0 Å². The highest BCUT2D eigenvalue weighted by Gasteiger charge is 2.19. The summed E-state index contributed by atoms with van der Waals surface area (Å²) >= 11 is 0. The Morgan fingerprint density at radius 2 is 1.94 bits per heavy atom. The average Bonchev–Trinajstić information content (AvgIpc) is 2.25. The second-order valence-corrected chi connectivity index (χ2v) is 4.75. The maximum absolute atomic E-state index is 14.0. The quantitative estimate of drug-likeness (QED) is 0.851. The second kappa shape index (κ2) is 6.01. The zero-order valence-electron chi connectivity index (χ0n) is 11.2. The van der Waals surface area contributed by atoms with E-state index in [9.17, 15) is 4.39 Å². The molecular formula is C14H23FN2. The number of hydrogen-bond acceptors (Lipinski definition) is 2. The summed E-state index contributed by atoms with van der Waals surface area (Å²) in [6, 6.07) is 5.26. The van der Waals surface area contributed by atoms with Crippen molar-refractivity contribution in [2.75, 3.05) is 11.4 Å². The third-order valence-corrected chi connectivity index (χ3v) is 2.88. The van der Waals surface area contributed by atoms with E-state index in [1.807, 2.05) is 13.0 Å². The number of nitrogens with two attached hydrogens (primary N) is 1. The predicted octanol–water partition coefficient (Wildman–Crippen LogP) is 3.47. The lowest BCUT2D eigenvalue weighted by Crippen LogP contribution is -2.33. The summed E-state index contributed by atoms with van der Waals surface area (Å²) in [5.41, 5.74) is 7.47. The molecule has 3 heteroatoms. The Kier molecular flexibility index (Phi) is 4.94. The number of hydrogen-bond donors (Lipinski definition) is 1. The third kappa shape index (κ3) is 3.19. The van der Waals surface area contributed by atoms with Crippen LogP contribution in [0.15, 0.2) is 18.2 Å². The average molecular weight is 238 g/mol. The molecule has 1 unspecified atom stereocenters. The predicted molar refractivity (Wildman–Crippen MR) is 71.8 cm³/mol. The van der Waals surface area contributed by atoms with Gasteiger partial charge in [-0.2, -0.15) is 0 Å². The van der Waals surface area contributed by atoms with Crippen molar-refractivity contribution in [2.24, 2.45) is 5.73 Å². The van der Waals surface area contributed by atoms with Crippen molar-refractivity contribution in [3.8, 4) is 0 Å².